The average molecular weight is 154 g/mol. The molecular formula is C9H14O2. The van der Waals surface area contributed by atoms with Gasteiger partial charge in [-0.2, -0.15) is 0 Å². The van der Waals surface area contributed by atoms with Crippen LogP contribution in [0.2, 0.25) is 0 Å². The van der Waals surface area contributed by atoms with Gasteiger partial charge in [-0.15, -0.1) is 0 Å². The van der Waals surface area contributed by atoms with Crippen LogP contribution in [0.4, 0.5) is 0 Å². The molecule has 0 radical (unpaired) electrons. The van der Waals surface area contributed by atoms with Gasteiger partial charge in [-0.25, -0.2) is 0 Å². The maximum absolute atomic E-state index is 11.4. The Labute approximate surface area is 67.2 Å². The number of hydrogen-bond acceptors (Lipinski definition) is 2. The van der Waals surface area contributed by atoms with Crippen molar-refractivity contribution in [1.82, 2.24) is 0 Å². The zero-order chi connectivity index (χ0) is 8.43. The second-order valence-corrected chi connectivity index (χ2v) is 2.98. The van der Waals surface area contributed by atoms with Crippen molar-refractivity contribution in [3.05, 3.63) is 11.3 Å². The van der Waals surface area contributed by atoms with Crippen molar-refractivity contribution >= 4 is 5.78 Å². The summed E-state index contributed by atoms with van der Waals surface area (Å²) in [6.07, 6.45) is 0.824. The highest BCUT2D eigenvalue weighted by Crippen LogP contribution is 2.21. The summed E-state index contributed by atoms with van der Waals surface area (Å²) in [4.78, 5) is 11.4. The quantitative estimate of drug-likeness (QED) is 0.576. The lowest BCUT2D eigenvalue weighted by atomic mass is 9.97. The van der Waals surface area contributed by atoms with Crippen LogP contribution in [0, 0.1) is 5.92 Å². The van der Waals surface area contributed by atoms with E-state index in [0.29, 0.717) is 6.61 Å². The molecule has 0 aliphatic carbocycles. The van der Waals surface area contributed by atoms with E-state index in [1.807, 2.05) is 20.8 Å². The molecule has 1 aliphatic heterocycles. The van der Waals surface area contributed by atoms with Crippen molar-refractivity contribution in [3.63, 3.8) is 0 Å². The van der Waals surface area contributed by atoms with E-state index in [4.69, 9.17) is 4.74 Å². The number of allylic oxidation sites excluding steroid dienone is 2. The maximum Gasteiger partial charge on any atom is 0.168 e. The summed E-state index contributed by atoms with van der Waals surface area (Å²) in [6.45, 7) is 6.30. The van der Waals surface area contributed by atoms with Crippen molar-refractivity contribution in [2.75, 3.05) is 6.61 Å². The Kier molecular flexibility index (Phi) is 2.32. The second kappa shape index (κ2) is 3.07. The first kappa shape index (κ1) is 8.31. The summed E-state index contributed by atoms with van der Waals surface area (Å²) in [6, 6.07) is 0. The van der Waals surface area contributed by atoms with Crippen LogP contribution in [0.25, 0.3) is 0 Å². The third-order valence-corrected chi connectivity index (χ3v) is 2.06. The fourth-order valence-electron chi connectivity index (χ4n) is 1.28. The molecule has 2 nitrogen and oxygen atoms in total. The molecule has 11 heavy (non-hydrogen) atoms. The molecule has 0 bridgehead atoms. The largest absolute Gasteiger partial charge is 0.497 e. The first-order valence-corrected chi connectivity index (χ1v) is 4.03. The van der Waals surface area contributed by atoms with Crippen LogP contribution in [0.15, 0.2) is 11.3 Å². The van der Waals surface area contributed by atoms with Crippen molar-refractivity contribution in [3.8, 4) is 0 Å². The van der Waals surface area contributed by atoms with Gasteiger partial charge in [-0.1, -0.05) is 13.8 Å². The van der Waals surface area contributed by atoms with Crippen molar-refractivity contribution in [1.29, 1.82) is 0 Å². The Hall–Kier alpha value is -0.790. The molecule has 1 rings (SSSR count). The smallest absolute Gasteiger partial charge is 0.168 e. The molecule has 1 unspecified atom stereocenters. The summed E-state index contributed by atoms with van der Waals surface area (Å²) < 4.78 is 5.38. The van der Waals surface area contributed by atoms with Gasteiger partial charge >= 0.3 is 0 Å². The standard InChI is InChI=1S/C9H14O2/c1-4-8-7(3)9(10)6(2)5-11-8/h6H,4-5H2,1-3H3. The van der Waals surface area contributed by atoms with Gasteiger partial charge in [0.25, 0.3) is 0 Å². The minimum absolute atomic E-state index is 0.0466. The molecular weight excluding hydrogens is 140 g/mol. The van der Waals surface area contributed by atoms with Crippen LogP contribution in [0.3, 0.4) is 0 Å². The van der Waals surface area contributed by atoms with E-state index in [2.05, 4.69) is 0 Å². The third-order valence-electron chi connectivity index (χ3n) is 2.06. The van der Waals surface area contributed by atoms with Gasteiger partial charge in [0.1, 0.15) is 5.76 Å². The monoisotopic (exact) mass is 154 g/mol. The van der Waals surface area contributed by atoms with Gasteiger partial charge in [-0.05, 0) is 6.92 Å². The normalized spacial score (nSPS) is 25.4. The minimum atomic E-state index is 0.0466. The Bertz CT molecular complexity index is 204. The molecule has 1 atom stereocenters. The second-order valence-electron chi connectivity index (χ2n) is 2.98. The van der Waals surface area contributed by atoms with Gasteiger partial charge in [0.15, 0.2) is 5.78 Å². The van der Waals surface area contributed by atoms with E-state index in [-0.39, 0.29) is 11.7 Å². The molecule has 0 saturated heterocycles. The zero-order valence-electron chi connectivity index (χ0n) is 7.31. The van der Waals surface area contributed by atoms with E-state index in [1.165, 1.54) is 0 Å². The number of Topliss-reactive ketones (excluding diaryl/α,β-unsaturated/α-hetero) is 1. The van der Waals surface area contributed by atoms with Gasteiger partial charge in [0, 0.05) is 12.0 Å². The predicted octanol–water partition coefficient (Wildman–Crippen LogP) is 1.91. The fraction of sp³-hybridized carbons (Fsp3) is 0.667. The topological polar surface area (TPSA) is 26.3 Å². The molecule has 0 amide bonds. The van der Waals surface area contributed by atoms with Gasteiger partial charge in [0.05, 0.1) is 12.5 Å². The Morgan fingerprint density at radius 3 is 2.82 bits per heavy atom. The van der Waals surface area contributed by atoms with Gasteiger partial charge < -0.3 is 4.74 Å². The number of ether oxygens (including phenoxy) is 1. The molecule has 0 aromatic carbocycles. The van der Waals surface area contributed by atoms with Crippen molar-refractivity contribution in [2.45, 2.75) is 27.2 Å². The zero-order valence-corrected chi connectivity index (χ0v) is 7.31. The van der Waals surface area contributed by atoms with Gasteiger partial charge in [0.2, 0.25) is 0 Å². The van der Waals surface area contributed by atoms with E-state index < -0.39 is 0 Å². The molecule has 0 N–H and O–H groups in total. The van der Waals surface area contributed by atoms with E-state index in [9.17, 15) is 4.79 Å². The predicted molar refractivity (Wildman–Crippen MR) is 43.1 cm³/mol. The lowest BCUT2D eigenvalue weighted by Crippen LogP contribution is -2.24. The Balaban J connectivity index is 2.87. The Morgan fingerprint density at radius 1 is 1.64 bits per heavy atom. The van der Waals surface area contributed by atoms with Crippen LogP contribution in [0.5, 0.6) is 0 Å². The first-order valence-electron chi connectivity index (χ1n) is 4.03. The average Bonchev–Trinajstić information content (AvgIpc) is 2.01. The molecule has 0 spiro atoms. The molecule has 1 heterocycles. The van der Waals surface area contributed by atoms with E-state index >= 15 is 0 Å². The van der Waals surface area contributed by atoms with Crippen LogP contribution < -0.4 is 0 Å². The molecule has 0 aromatic rings. The van der Waals surface area contributed by atoms with E-state index in [0.717, 1.165) is 17.8 Å². The van der Waals surface area contributed by atoms with Crippen LogP contribution >= 0.6 is 0 Å². The fourth-order valence-corrected chi connectivity index (χ4v) is 1.28. The lowest BCUT2D eigenvalue weighted by molar-refractivity contribution is -0.121. The third kappa shape index (κ3) is 1.44. The number of carbonyl (C=O) groups excluding carboxylic acids is 1. The summed E-state index contributed by atoms with van der Waals surface area (Å²) in [5, 5.41) is 0. The lowest BCUT2D eigenvalue weighted by Gasteiger charge is -2.21. The summed E-state index contributed by atoms with van der Waals surface area (Å²) >= 11 is 0. The molecule has 2 heteroatoms. The highest BCUT2D eigenvalue weighted by molar-refractivity contribution is 5.97. The van der Waals surface area contributed by atoms with Crippen LogP contribution in [-0.2, 0) is 9.53 Å². The first-order chi connectivity index (χ1) is 5.16. The van der Waals surface area contributed by atoms with Gasteiger partial charge in [-0.3, -0.25) is 4.79 Å². The SMILES string of the molecule is CCC1=C(C)C(=O)C(C)CO1. The molecule has 62 valence electrons. The molecule has 0 fully saturated rings. The van der Waals surface area contributed by atoms with Crippen LogP contribution in [-0.4, -0.2) is 12.4 Å². The highest BCUT2D eigenvalue weighted by Gasteiger charge is 2.23. The summed E-state index contributed by atoms with van der Waals surface area (Å²) in [5.74, 6) is 1.16. The number of rotatable bonds is 1. The molecule has 1 aliphatic rings. The number of ketones is 1. The minimum Gasteiger partial charge on any atom is -0.497 e. The summed E-state index contributed by atoms with van der Waals surface area (Å²) in [5.41, 5.74) is 0.811. The van der Waals surface area contributed by atoms with E-state index in [1.54, 1.807) is 0 Å². The molecule has 0 saturated carbocycles. The maximum atomic E-state index is 11.4. The Morgan fingerprint density at radius 2 is 2.27 bits per heavy atom. The highest BCUT2D eigenvalue weighted by atomic mass is 16.5. The number of hydrogen-bond donors (Lipinski definition) is 0. The van der Waals surface area contributed by atoms with Crippen molar-refractivity contribution in [2.24, 2.45) is 5.92 Å². The van der Waals surface area contributed by atoms with Crippen molar-refractivity contribution < 1.29 is 9.53 Å². The summed E-state index contributed by atoms with van der Waals surface area (Å²) in [7, 11) is 0. The molecule has 0 aromatic heterocycles. The van der Waals surface area contributed by atoms with Crippen LogP contribution in [0.1, 0.15) is 27.2 Å². The number of carbonyl (C=O) groups is 1.